The van der Waals surface area contributed by atoms with Crippen molar-refractivity contribution in [1.82, 2.24) is 29.5 Å². The third-order valence-electron chi connectivity index (χ3n) is 6.46. The third kappa shape index (κ3) is 5.25. The lowest BCUT2D eigenvalue weighted by Gasteiger charge is -2.24. The van der Waals surface area contributed by atoms with E-state index in [0.29, 0.717) is 11.4 Å². The number of hydrogen-bond acceptors (Lipinski definition) is 7. The smallest absolute Gasteiger partial charge is 0.325 e. The molecule has 13 heteroatoms. The molecule has 0 unspecified atom stereocenters. The minimum atomic E-state index is -1.01. The molecule has 0 aliphatic carbocycles. The number of amides is 2. The average Bonchev–Trinajstić information content (AvgIpc) is 3.60. The first-order valence-electron chi connectivity index (χ1n) is 12.8. The molecule has 0 atom stereocenters. The molecule has 2 N–H and O–H groups in total. The molecule has 0 saturated carbocycles. The van der Waals surface area contributed by atoms with Crippen LogP contribution in [0.2, 0.25) is 0 Å². The van der Waals surface area contributed by atoms with Gasteiger partial charge in [-0.15, -0.1) is 0 Å². The Labute approximate surface area is 239 Å². The van der Waals surface area contributed by atoms with E-state index < -0.39 is 17.7 Å². The van der Waals surface area contributed by atoms with Gasteiger partial charge in [0.25, 0.3) is 0 Å². The van der Waals surface area contributed by atoms with Crippen LogP contribution in [0.25, 0.3) is 16.9 Å². The van der Waals surface area contributed by atoms with E-state index in [9.17, 15) is 14.4 Å². The van der Waals surface area contributed by atoms with Crippen molar-refractivity contribution >= 4 is 17.5 Å². The summed E-state index contributed by atoms with van der Waals surface area (Å²) in [5.41, 5.74) is 7.76. The Bertz CT molecular complexity index is 1860. The first kappa shape index (κ1) is 27.9. The molecule has 11 nitrogen and oxygen atoms in total. The van der Waals surface area contributed by atoms with Crippen molar-refractivity contribution in [2.24, 2.45) is 12.8 Å². The normalized spacial score (nSPS) is 11.0. The molecule has 2 amide bonds. The SMILES string of the molecule is Cc1c(Oc2nccc(-c3cnn(C)c3)n2)ccc(F)c1N(C(N)=O)c1cc(C(C)C)nn1-c1ccc(F)c(C#N)c1. The predicted octanol–water partition coefficient (Wildman–Crippen LogP) is 5.65. The van der Waals surface area contributed by atoms with Crippen molar-refractivity contribution < 1.29 is 18.3 Å². The van der Waals surface area contributed by atoms with Crippen molar-refractivity contribution in [2.45, 2.75) is 26.7 Å². The summed E-state index contributed by atoms with van der Waals surface area (Å²) in [5, 5.41) is 18.1. The van der Waals surface area contributed by atoms with Gasteiger partial charge in [0.05, 0.1) is 34.5 Å². The summed E-state index contributed by atoms with van der Waals surface area (Å²) in [5.74, 6) is -1.33. The maximum absolute atomic E-state index is 15.6. The van der Waals surface area contributed by atoms with Gasteiger partial charge in [-0.1, -0.05) is 13.8 Å². The number of carbonyl (C=O) groups is 1. The molecule has 0 fully saturated rings. The number of nitrogens with two attached hydrogens (primary N) is 1. The van der Waals surface area contributed by atoms with Crippen molar-refractivity contribution in [2.75, 3.05) is 4.90 Å². The molecule has 0 saturated heterocycles. The Balaban J connectivity index is 1.61. The molecule has 5 rings (SSSR count). The van der Waals surface area contributed by atoms with Crippen molar-refractivity contribution in [1.29, 1.82) is 5.26 Å². The van der Waals surface area contributed by atoms with Gasteiger partial charge in [0, 0.05) is 36.6 Å². The van der Waals surface area contributed by atoms with Gasteiger partial charge in [0.2, 0.25) is 0 Å². The standard InChI is InChI=1S/C29H25F2N9O2/c1-16(2)24-12-26(40(37-24)20-5-6-21(30)18(11-20)13-32)39(28(33)41)27-17(3)25(8-7-22(27)31)42-29-34-10-9-23(36-29)19-14-35-38(4)15-19/h5-12,14-16H,1-4H3,(H2,33,41). The number of aryl methyl sites for hydroxylation is 1. The maximum Gasteiger partial charge on any atom is 0.325 e. The first-order chi connectivity index (χ1) is 20.1. The zero-order chi connectivity index (χ0) is 30.1. The Morgan fingerprint density at radius 2 is 1.90 bits per heavy atom. The number of nitrogens with zero attached hydrogens (tertiary/aromatic N) is 8. The van der Waals surface area contributed by atoms with Crippen LogP contribution in [0.3, 0.4) is 0 Å². The van der Waals surface area contributed by atoms with Gasteiger partial charge in [-0.2, -0.15) is 20.4 Å². The van der Waals surface area contributed by atoms with Crippen LogP contribution in [-0.2, 0) is 7.05 Å². The van der Waals surface area contributed by atoms with E-state index in [1.165, 1.54) is 29.1 Å². The molecule has 42 heavy (non-hydrogen) atoms. The van der Waals surface area contributed by atoms with Crippen molar-refractivity contribution in [3.8, 4) is 34.8 Å². The fraction of sp³-hybridized carbons (Fsp3) is 0.172. The van der Waals surface area contributed by atoms with E-state index in [2.05, 4.69) is 20.2 Å². The van der Waals surface area contributed by atoms with Gasteiger partial charge >= 0.3 is 12.0 Å². The molecule has 212 valence electrons. The number of hydrogen-bond donors (Lipinski definition) is 1. The fourth-order valence-corrected chi connectivity index (χ4v) is 4.33. The molecular formula is C29H25F2N9O2. The van der Waals surface area contributed by atoms with Crippen LogP contribution in [0.5, 0.6) is 11.8 Å². The van der Waals surface area contributed by atoms with Crippen LogP contribution in [0.1, 0.15) is 36.6 Å². The number of nitriles is 1. The molecule has 3 aromatic heterocycles. The van der Waals surface area contributed by atoms with E-state index >= 15 is 4.39 Å². The van der Waals surface area contributed by atoms with Crippen molar-refractivity contribution in [3.05, 3.63) is 89.5 Å². The van der Waals surface area contributed by atoms with E-state index in [1.807, 2.05) is 13.8 Å². The monoisotopic (exact) mass is 569 g/mol. The van der Waals surface area contributed by atoms with Gasteiger partial charge in [0.1, 0.15) is 29.3 Å². The van der Waals surface area contributed by atoms with E-state index in [0.717, 1.165) is 22.6 Å². The van der Waals surface area contributed by atoms with Crippen LogP contribution in [-0.4, -0.2) is 35.6 Å². The van der Waals surface area contributed by atoms with Gasteiger partial charge in [-0.25, -0.2) is 28.1 Å². The summed E-state index contributed by atoms with van der Waals surface area (Å²) in [7, 11) is 1.78. The highest BCUT2D eigenvalue weighted by Crippen LogP contribution is 2.39. The zero-order valence-corrected chi connectivity index (χ0v) is 23.1. The number of rotatable bonds is 7. The minimum absolute atomic E-state index is 0.00915. The molecule has 0 aliphatic heterocycles. The topological polar surface area (TPSA) is 141 Å². The molecule has 5 aromatic rings. The second-order valence-corrected chi connectivity index (χ2v) is 9.69. The summed E-state index contributed by atoms with van der Waals surface area (Å²) < 4.78 is 38.6. The zero-order valence-electron chi connectivity index (χ0n) is 23.1. The summed E-state index contributed by atoms with van der Waals surface area (Å²) in [6.45, 7) is 5.33. The molecule has 0 spiro atoms. The first-order valence-corrected chi connectivity index (χ1v) is 12.8. The molecule has 0 bridgehead atoms. The number of anilines is 2. The highest BCUT2D eigenvalue weighted by atomic mass is 19.1. The highest BCUT2D eigenvalue weighted by Gasteiger charge is 2.28. The second kappa shape index (κ2) is 11.1. The number of primary amides is 1. The lowest BCUT2D eigenvalue weighted by molar-refractivity contribution is 0.255. The molecule has 0 radical (unpaired) electrons. The van der Waals surface area contributed by atoms with Crippen LogP contribution in [0.15, 0.2) is 61.1 Å². The van der Waals surface area contributed by atoms with Gasteiger partial charge in [-0.3, -0.25) is 4.68 Å². The molecular weight excluding hydrogens is 544 g/mol. The van der Waals surface area contributed by atoms with Crippen LogP contribution in [0.4, 0.5) is 25.1 Å². The van der Waals surface area contributed by atoms with Gasteiger partial charge in [-0.05, 0) is 49.2 Å². The number of halogens is 2. The number of urea groups is 1. The van der Waals surface area contributed by atoms with E-state index in [4.69, 9.17) is 10.5 Å². The van der Waals surface area contributed by atoms with E-state index in [1.54, 1.807) is 49.2 Å². The number of ether oxygens (including phenoxy) is 1. The fourth-order valence-electron chi connectivity index (χ4n) is 4.33. The number of aromatic nitrogens is 6. The highest BCUT2D eigenvalue weighted by molar-refractivity contribution is 5.99. The largest absolute Gasteiger partial charge is 0.424 e. The van der Waals surface area contributed by atoms with Crippen molar-refractivity contribution in [3.63, 3.8) is 0 Å². The molecule has 3 heterocycles. The Kier molecular flexibility index (Phi) is 7.37. The molecule has 2 aromatic carbocycles. The average molecular weight is 570 g/mol. The number of benzene rings is 2. The lowest BCUT2D eigenvalue weighted by Crippen LogP contribution is -2.34. The summed E-state index contributed by atoms with van der Waals surface area (Å²) in [4.78, 5) is 22.5. The van der Waals surface area contributed by atoms with Crippen LogP contribution < -0.4 is 15.4 Å². The minimum Gasteiger partial charge on any atom is -0.424 e. The summed E-state index contributed by atoms with van der Waals surface area (Å²) in [6.07, 6.45) is 4.95. The third-order valence-corrected chi connectivity index (χ3v) is 6.46. The Morgan fingerprint density at radius 1 is 1.14 bits per heavy atom. The Hall–Kier alpha value is -5.64. The van der Waals surface area contributed by atoms with Crippen LogP contribution in [0, 0.1) is 29.9 Å². The lowest BCUT2D eigenvalue weighted by atomic mass is 10.1. The van der Waals surface area contributed by atoms with E-state index in [-0.39, 0.29) is 46.0 Å². The Morgan fingerprint density at radius 3 is 2.57 bits per heavy atom. The summed E-state index contributed by atoms with van der Waals surface area (Å²) >= 11 is 0. The molecule has 0 aliphatic rings. The maximum atomic E-state index is 15.6. The van der Waals surface area contributed by atoms with Gasteiger partial charge in [0.15, 0.2) is 0 Å². The number of carbonyl (C=O) groups excluding carboxylic acids is 1. The predicted molar refractivity (Wildman–Crippen MR) is 149 cm³/mol. The second-order valence-electron chi connectivity index (χ2n) is 9.69. The van der Waals surface area contributed by atoms with Gasteiger partial charge < -0.3 is 10.5 Å². The van der Waals surface area contributed by atoms with Crippen LogP contribution >= 0.6 is 0 Å². The summed E-state index contributed by atoms with van der Waals surface area (Å²) in [6, 6.07) is 10.4. The quantitative estimate of drug-likeness (QED) is 0.267.